The topological polar surface area (TPSA) is 101 Å². The summed E-state index contributed by atoms with van der Waals surface area (Å²) in [6, 6.07) is 4.82. The van der Waals surface area contributed by atoms with Crippen molar-refractivity contribution in [2.75, 3.05) is 43.5 Å². The van der Waals surface area contributed by atoms with Crippen molar-refractivity contribution in [2.24, 2.45) is 0 Å². The zero-order valence-electron chi connectivity index (χ0n) is 24.3. The molecule has 0 aliphatic carbocycles. The van der Waals surface area contributed by atoms with E-state index in [0.29, 0.717) is 43.6 Å². The summed E-state index contributed by atoms with van der Waals surface area (Å²) < 4.78 is 58.8. The molecule has 6 heterocycles. The lowest BCUT2D eigenvalue weighted by atomic mass is 9.90. The molecule has 13 heteroatoms. The first kappa shape index (κ1) is 28.9. The molecule has 4 aliphatic rings. The van der Waals surface area contributed by atoms with Crippen LogP contribution in [0, 0.1) is 23.0 Å². The third-order valence-corrected chi connectivity index (χ3v) is 11.4. The fourth-order valence-electron chi connectivity index (χ4n) is 8.04. The lowest BCUT2D eigenvalue weighted by molar-refractivity contribution is 0.146. The van der Waals surface area contributed by atoms with E-state index in [0.717, 1.165) is 50.1 Å². The molecular weight excluding hydrogens is 625 g/mol. The Labute approximate surface area is 266 Å². The molecule has 4 aromatic rings. The number of halogens is 4. The zero-order chi connectivity index (χ0) is 31.0. The van der Waals surface area contributed by atoms with E-state index in [1.807, 2.05) is 6.07 Å². The van der Waals surface area contributed by atoms with Crippen molar-refractivity contribution >= 4 is 54.7 Å². The highest BCUT2D eigenvalue weighted by molar-refractivity contribution is 7.23. The SMILES string of the molecule is N#Cc1c(N)sc2c(F)ccc(-c3c(Cl)c4c5c(nc(OCC[C@@]67CCCN6C[C@H](F)C7)nc5c3F)N3CCC[C@H]3CCO4)c12. The smallest absolute Gasteiger partial charge is 0.319 e. The van der Waals surface area contributed by atoms with Gasteiger partial charge < -0.3 is 20.1 Å². The summed E-state index contributed by atoms with van der Waals surface area (Å²) in [5.74, 6) is -0.608. The van der Waals surface area contributed by atoms with Crippen LogP contribution >= 0.6 is 22.9 Å². The molecule has 0 unspecified atom stereocenters. The number of rotatable bonds is 5. The summed E-state index contributed by atoms with van der Waals surface area (Å²) >= 11 is 7.92. The van der Waals surface area contributed by atoms with Crippen molar-refractivity contribution in [3.8, 4) is 29.0 Å². The molecule has 2 aromatic heterocycles. The van der Waals surface area contributed by atoms with Gasteiger partial charge in [-0.25, -0.2) is 13.2 Å². The average Bonchev–Trinajstić information content (AvgIpc) is 3.77. The number of nitrogen functional groups attached to an aromatic ring is 1. The Balaban J connectivity index is 1.30. The maximum atomic E-state index is 17.0. The van der Waals surface area contributed by atoms with Gasteiger partial charge in [0.1, 0.15) is 34.4 Å². The van der Waals surface area contributed by atoms with Crippen LogP contribution < -0.4 is 20.1 Å². The van der Waals surface area contributed by atoms with Crippen LogP contribution in [0.4, 0.5) is 24.0 Å². The number of thiophene rings is 1. The number of nitrogens with two attached hydrogens (primary N) is 1. The Morgan fingerprint density at radius 1 is 1.20 bits per heavy atom. The fourth-order valence-corrected chi connectivity index (χ4v) is 9.33. The summed E-state index contributed by atoms with van der Waals surface area (Å²) in [4.78, 5) is 13.8. The van der Waals surface area contributed by atoms with Crippen molar-refractivity contribution in [3.63, 3.8) is 0 Å². The Bertz CT molecular complexity index is 1920. The van der Waals surface area contributed by atoms with Gasteiger partial charge in [0.2, 0.25) is 0 Å². The summed E-state index contributed by atoms with van der Waals surface area (Å²) in [6.45, 7) is 2.65. The fraction of sp³-hybridized carbons (Fsp3) is 0.469. The molecule has 0 spiro atoms. The minimum atomic E-state index is -0.847. The molecule has 3 saturated heterocycles. The van der Waals surface area contributed by atoms with E-state index in [1.165, 1.54) is 12.1 Å². The molecule has 234 valence electrons. The first-order valence-electron chi connectivity index (χ1n) is 15.3. The molecule has 8 nitrogen and oxygen atoms in total. The van der Waals surface area contributed by atoms with E-state index in [1.54, 1.807) is 0 Å². The Kier molecular flexibility index (Phi) is 6.93. The van der Waals surface area contributed by atoms with E-state index in [4.69, 9.17) is 31.8 Å². The van der Waals surface area contributed by atoms with Crippen molar-refractivity contribution in [1.29, 1.82) is 5.26 Å². The molecule has 0 bridgehead atoms. The monoisotopic (exact) mass is 654 g/mol. The second-order valence-electron chi connectivity index (χ2n) is 12.4. The van der Waals surface area contributed by atoms with Gasteiger partial charge in [-0.15, -0.1) is 11.3 Å². The molecule has 8 rings (SSSR count). The molecule has 3 fully saturated rings. The summed E-state index contributed by atoms with van der Waals surface area (Å²) in [5, 5.41) is 10.5. The second kappa shape index (κ2) is 10.8. The molecule has 0 radical (unpaired) electrons. The molecule has 45 heavy (non-hydrogen) atoms. The highest BCUT2D eigenvalue weighted by Gasteiger charge is 2.48. The number of fused-ring (bicyclic) bond motifs is 4. The molecule has 0 amide bonds. The number of hydrogen-bond acceptors (Lipinski definition) is 9. The normalized spacial score (nSPS) is 24.4. The standard InChI is InChI=1S/C32H30ClF3N6O2S/c33-24-22(18-4-5-20(35)28-21(18)19(14-37)29(38)45-28)25(36)26-23-27(24)43-11-6-17-3-1-10-42(17)30(23)40-31(39-26)44-12-8-32-7-2-9-41(32)15-16(34)13-32/h4-5,16-17H,1-3,6-13,15,38H2/t16-,17+,32-/m1/s1. The Hall–Kier alpha value is -3.53. The van der Waals surface area contributed by atoms with E-state index >= 15 is 4.39 Å². The van der Waals surface area contributed by atoms with Crippen LogP contribution in [-0.2, 0) is 0 Å². The number of nitrogens with zero attached hydrogens (tertiary/aromatic N) is 5. The van der Waals surface area contributed by atoms with Gasteiger partial charge in [-0.3, -0.25) is 4.90 Å². The van der Waals surface area contributed by atoms with Gasteiger partial charge in [-0.1, -0.05) is 17.7 Å². The van der Waals surface area contributed by atoms with E-state index in [-0.39, 0.29) is 72.3 Å². The van der Waals surface area contributed by atoms with Gasteiger partial charge in [0.05, 0.1) is 33.9 Å². The van der Waals surface area contributed by atoms with Gasteiger partial charge in [0.25, 0.3) is 0 Å². The van der Waals surface area contributed by atoms with Crippen molar-refractivity contribution in [3.05, 3.63) is 34.4 Å². The van der Waals surface area contributed by atoms with Gasteiger partial charge in [0.15, 0.2) is 11.6 Å². The molecule has 2 aromatic carbocycles. The largest absolute Gasteiger partial charge is 0.491 e. The Morgan fingerprint density at radius 2 is 2.07 bits per heavy atom. The van der Waals surface area contributed by atoms with E-state index < -0.39 is 17.8 Å². The van der Waals surface area contributed by atoms with Crippen LogP contribution in [0.3, 0.4) is 0 Å². The molecule has 2 N–H and O–H groups in total. The number of hydrogen-bond donors (Lipinski definition) is 1. The summed E-state index contributed by atoms with van der Waals surface area (Å²) in [5.41, 5.74) is 6.01. The first-order valence-corrected chi connectivity index (χ1v) is 16.5. The third-order valence-electron chi connectivity index (χ3n) is 10.0. The van der Waals surface area contributed by atoms with Crippen LogP contribution in [0.5, 0.6) is 11.8 Å². The molecular formula is C32H30ClF3N6O2S. The number of ether oxygens (including phenoxy) is 2. The van der Waals surface area contributed by atoms with Crippen LogP contribution in [0.2, 0.25) is 5.02 Å². The Morgan fingerprint density at radius 3 is 2.91 bits per heavy atom. The molecule has 3 atom stereocenters. The number of anilines is 2. The predicted molar refractivity (Wildman–Crippen MR) is 168 cm³/mol. The van der Waals surface area contributed by atoms with Gasteiger partial charge in [-0.05, 0) is 50.3 Å². The highest BCUT2D eigenvalue weighted by Crippen LogP contribution is 2.51. The minimum Gasteiger partial charge on any atom is -0.491 e. The lowest BCUT2D eigenvalue weighted by Gasteiger charge is -2.32. The number of nitriles is 1. The van der Waals surface area contributed by atoms with Crippen LogP contribution in [0.15, 0.2) is 12.1 Å². The van der Waals surface area contributed by atoms with Gasteiger partial charge >= 0.3 is 6.01 Å². The van der Waals surface area contributed by atoms with Crippen LogP contribution in [0.25, 0.3) is 32.1 Å². The van der Waals surface area contributed by atoms with E-state index in [9.17, 15) is 14.0 Å². The highest BCUT2D eigenvalue weighted by atomic mass is 35.5. The summed E-state index contributed by atoms with van der Waals surface area (Å²) in [7, 11) is 0. The maximum Gasteiger partial charge on any atom is 0.319 e. The average molecular weight is 655 g/mol. The number of alkyl halides is 1. The van der Waals surface area contributed by atoms with Crippen molar-refractivity contribution in [1.82, 2.24) is 14.9 Å². The van der Waals surface area contributed by atoms with E-state index in [2.05, 4.69) is 14.8 Å². The summed E-state index contributed by atoms with van der Waals surface area (Å²) in [6.07, 6.45) is 4.80. The quantitative estimate of drug-likeness (QED) is 0.246. The maximum absolute atomic E-state index is 17.0. The lowest BCUT2D eigenvalue weighted by Crippen LogP contribution is -2.39. The molecule has 4 aliphatic heterocycles. The van der Waals surface area contributed by atoms with Gasteiger partial charge in [0, 0.05) is 48.5 Å². The van der Waals surface area contributed by atoms with Crippen molar-refractivity contribution < 1.29 is 22.6 Å². The van der Waals surface area contributed by atoms with Gasteiger partial charge in [-0.2, -0.15) is 15.2 Å². The second-order valence-corrected chi connectivity index (χ2v) is 13.9. The van der Waals surface area contributed by atoms with Crippen LogP contribution in [-0.4, -0.2) is 65.5 Å². The zero-order valence-corrected chi connectivity index (χ0v) is 25.9. The van der Waals surface area contributed by atoms with Crippen molar-refractivity contribution in [2.45, 2.75) is 62.7 Å². The predicted octanol–water partition coefficient (Wildman–Crippen LogP) is 6.99. The third kappa shape index (κ3) is 4.42. The number of benzene rings is 2. The van der Waals surface area contributed by atoms with Crippen LogP contribution in [0.1, 0.15) is 50.5 Å². The minimum absolute atomic E-state index is 0.0133. The first-order chi connectivity index (χ1) is 21.8. The number of aromatic nitrogens is 2. The molecule has 0 saturated carbocycles.